The fraction of sp³-hybridized carbons (Fsp3) is 0.200. The molecule has 1 aromatic carbocycles. The number of carbonyl (C=O) groups excluding carboxylic acids is 2. The minimum atomic E-state index is -0.279. The summed E-state index contributed by atoms with van der Waals surface area (Å²) in [6, 6.07) is 11.0. The summed E-state index contributed by atoms with van der Waals surface area (Å²) in [4.78, 5) is 33.3. The summed E-state index contributed by atoms with van der Waals surface area (Å²) in [6.07, 6.45) is 4.04. The highest BCUT2D eigenvalue weighted by molar-refractivity contribution is 6.03. The smallest absolute Gasteiger partial charge is 0.258 e. The van der Waals surface area contributed by atoms with Gasteiger partial charge < -0.3 is 4.42 Å². The lowest BCUT2D eigenvalue weighted by Crippen LogP contribution is -2.22. The minimum absolute atomic E-state index is 0.00999. The standard InChI is InChI=1S/C20H17N3O3/c1-12-4-2-5-13(8-12)19(25)23-20-21-11-15-16(22-20)9-14(10-17(15)24)18-6-3-7-26-18/h2-8,11,14H,9-10H2,1H3,(H,21,22,23,25)/t14-/m0/s1. The summed E-state index contributed by atoms with van der Waals surface area (Å²) < 4.78 is 5.43. The molecule has 1 aliphatic rings. The Morgan fingerprint density at radius 1 is 1.23 bits per heavy atom. The van der Waals surface area contributed by atoms with Crippen LogP contribution < -0.4 is 5.32 Å². The molecule has 1 atom stereocenters. The van der Waals surface area contributed by atoms with Crippen LogP contribution in [0.15, 0.2) is 53.3 Å². The first kappa shape index (κ1) is 16.2. The van der Waals surface area contributed by atoms with Gasteiger partial charge in [-0.2, -0.15) is 0 Å². The topological polar surface area (TPSA) is 85.1 Å². The van der Waals surface area contributed by atoms with Gasteiger partial charge in [-0.1, -0.05) is 17.7 Å². The number of nitrogens with one attached hydrogen (secondary N) is 1. The number of Topliss-reactive ketones (excluding diaryl/α,β-unsaturated/α-hetero) is 1. The molecule has 6 heteroatoms. The molecule has 1 N–H and O–H groups in total. The Bertz CT molecular complexity index is 980. The van der Waals surface area contributed by atoms with Crippen LogP contribution in [0.4, 0.5) is 5.95 Å². The minimum Gasteiger partial charge on any atom is -0.469 e. The van der Waals surface area contributed by atoms with Gasteiger partial charge in [0.2, 0.25) is 5.95 Å². The Kier molecular flexibility index (Phi) is 4.08. The van der Waals surface area contributed by atoms with Gasteiger partial charge in [0.15, 0.2) is 5.78 Å². The maximum Gasteiger partial charge on any atom is 0.258 e. The van der Waals surface area contributed by atoms with Crippen LogP contribution in [0.2, 0.25) is 0 Å². The Balaban J connectivity index is 1.58. The molecular weight excluding hydrogens is 330 g/mol. The first-order valence-electron chi connectivity index (χ1n) is 8.40. The highest BCUT2D eigenvalue weighted by Gasteiger charge is 2.29. The van der Waals surface area contributed by atoms with Crippen LogP contribution in [0.25, 0.3) is 0 Å². The molecule has 2 heterocycles. The highest BCUT2D eigenvalue weighted by Crippen LogP contribution is 2.32. The zero-order valence-corrected chi connectivity index (χ0v) is 14.2. The van der Waals surface area contributed by atoms with Crippen LogP contribution in [0.5, 0.6) is 0 Å². The van der Waals surface area contributed by atoms with Crippen LogP contribution in [-0.2, 0) is 6.42 Å². The molecule has 0 saturated heterocycles. The van der Waals surface area contributed by atoms with Crippen molar-refractivity contribution in [3.63, 3.8) is 0 Å². The van der Waals surface area contributed by atoms with E-state index < -0.39 is 0 Å². The third kappa shape index (κ3) is 3.13. The van der Waals surface area contributed by atoms with Crippen molar-refractivity contribution in [1.29, 1.82) is 0 Å². The van der Waals surface area contributed by atoms with Gasteiger partial charge in [-0.25, -0.2) is 9.97 Å². The molecule has 130 valence electrons. The second-order valence-electron chi connectivity index (χ2n) is 6.42. The fourth-order valence-electron chi connectivity index (χ4n) is 3.19. The van der Waals surface area contributed by atoms with Crippen LogP contribution in [-0.4, -0.2) is 21.7 Å². The second kappa shape index (κ2) is 6.55. The number of benzene rings is 1. The van der Waals surface area contributed by atoms with Crippen molar-refractivity contribution in [2.24, 2.45) is 0 Å². The number of nitrogens with zero attached hydrogens (tertiary/aromatic N) is 2. The zero-order chi connectivity index (χ0) is 18.1. The molecule has 4 rings (SSSR count). The summed E-state index contributed by atoms with van der Waals surface area (Å²) in [7, 11) is 0. The normalized spacial score (nSPS) is 16.2. The zero-order valence-electron chi connectivity index (χ0n) is 14.2. The quantitative estimate of drug-likeness (QED) is 0.783. The van der Waals surface area contributed by atoms with Gasteiger partial charge in [0.05, 0.1) is 17.5 Å². The van der Waals surface area contributed by atoms with E-state index >= 15 is 0 Å². The Hall–Kier alpha value is -3.28. The molecular formula is C20H17N3O3. The molecule has 0 unspecified atom stereocenters. The van der Waals surface area contributed by atoms with Crippen LogP contribution in [0.3, 0.4) is 0 Å². The van der Waals surface area contributed by atoms with Crippen LogP contribution in [0, 0.1) is 6.92 Å². The molecule has 2 aromatic heterocycles. The Morgan fingerprint density at radius 3 is 2.88 bits per heavy atom. The third-order valence-corrected chi connectivity index (χ3v) is 4.49. The molecule has 0 bridgehead atoms. The number of anilines is 1. The summed E-state index contributed by atoms with van der Waals surface area (Å²) >= 11 is 0. The molecule has 26 heavy (non-hydrogen) atoms. The summed E-state index contributed by atoms with van der Waals surface area (Å²) in [5.41, 5.74) is 2.69. The fourth-order valence-corrected chi connectivity index (χ4v) is 3.19. The van der Waals surface area contributed by atoms with E-state index in [9.17, 15) is 9.59 Å². The molecule has 1 amide bonds. The van der Waals surface area contributed by atoms with Crippen molar-refractivity contribution in [3.05, 3.63) is 77.0 Å². The first-order valence-corrected chi connectivity index (χ1v) is 8.40. The molecule has 0 aliphatic heterocycles. The third-order valence-electron chi connectivity index (χ3n) is 4.49. The predicted octanol–water partition coefficient (Wildman–Crippen LogP) is 3.54. The number of rotatable bonds is 3. The Morgan fingerprint density at radius 2 is 2.12 bits per heavy atom. The number of furan rings is 1. The van der Waals surface area contributed by atoms with E-state index in [1.54, 1.807) is 18.4 Å². The first-order chi connectivity index (χ1) is 12.6. The Labute approximate surface area is 150 Å². The van der Waals surface area contributed by atoms with E-state index in [2.05, 4.69) is 15.3 Å². The van der Waals surface area contributed by atoms with Crippen molar-refractivity contribution in [1.82, 2.24) is 9.97 Å². The SMILES string of the molecule is Cc1cccc(C(=O)Nc2ncc3c(n2)C[C@H](c2ccco2)CC3=O)c1. The van der Waals surface area contributed by atoms with Crippen molar-refractivity contribution in [2.45, 2.75) is 25.7 Å². The van der Waals surface area contributed by atoms with E-state index in [0.717, 1.165) is 11.3 Å². The second-order valence-corrected chi connectivity index (χ2v) is 6.42. The van der Waals surface area contributed by atoms with Crippen molar-refractivity contribution in [2.75, 3.05) is 5.32 Å². The van der Waals surface area contributed by atoms with E-state index in [0.29, 0.717) is 29.7 Å². The number of carbonyl (C=O) groups is 2. The van der Waals surface area contributed by atoms with Gasteiger partial charge in [0, 0.05) is 30.5 Å². The number of amides is 1. The van der Waals surface area contributed by atoms with Gasteiger partial charge in [-0.3, -0.25) is 14.9 Å². The number of aromatic nitrogens is 2. The van der Waals surface area contributed by atoms with Crippen molar-refractivity contribution in [3.8, 4) is 0 Å². The number of hydrogen-bond donors (Lipinski definition) is 1. The summed E-state index contributed by atoms with van der Waals surface area (Å²) in [5.74, 6) is 0.638. The largest absolute Gasteiger partial charge is 0.469 e. The summed E-state index contributed by atoms with van der Waals surface area (Å²) in [5, 5.41) is 2.70. The molecule has 0 spiro atoms. The number of aryl methyl sites for hydroxylation is 1. The van der Waals surface area contributed by atoms with Gasteiger partial charge in [-0.15, -0.1) is 0 Å². The van der Waals surface area contributed by atoms with Crippen molar-refractivity contribution >= 4 is 17.6 Å². The van der Waals surface area contributed by atoms with E-state index in [1.165, 1.54) is 6.20 Å². The molecule has 3 aromatic rings. The van der Waals surface area contributed by atoms with E-state index in [4.69, 9.17) is 4.42 Å². The average Bonchev–Trinajstić information content (AvgIpc) is 3.16. The number of fused-ring (bicyclic) bond motifs is 1. The number of ketones is 1. The van der Waals surface area contributed by atoms with Gasteiger partial charge >= 0.3 is 0 Å². The molecule has 0 fully saturated rings. The molecule has 6 nitrogen and oxygen atoms in total. The van der Waals surface area contributed by atoms with Gasteiger partial charge in [0.1, 0.15) is 5.76 Å². The summed E-state index contributed by atoms with van der Waals surface area (Å²) in [6.45, 7) is 1.92. The predicted molar refractivity (Wildman–Crippen MR) is 95.3 cm³/mol. The molecule has 0 saturated carbocycles. The van der Waals surface area contributed by atoms with Gasteiger partial charge in [-0.05, 0) is 31.2 Å². The highest BCUT2D eigenvalue weighted by atomic mass is 16.3. The van der Waals surface area contributed by atoms with E-state index in [1.807, 2.05) is 31.2 Å². The van der Waals surface area contributed by atoms with Crippen LogP contribution in [0.1, 0.15) is 50.1 Å². The average molecular weight is 347 g/mol. The lowest BCUT2D eigenvalue weighted by molar-refractivity contribution is 0.0958. The lowest BCUT2D eigenvalue weighted by Gasteiger charge is -2.21. The number of hydrogen-bond acceptors (Lipinski definition) is 5. The maximum atomic E-state index is 12.4. The molecule has 0 radical (unpaired) electrons. The lowest BCUT2D eigenvalue weighted by atomic mass is 9.85. The van der Waals surface area contributed by atoms with Crippen LogP contribution >= 0.6 is 0 Å². The monoisotopic (exact) mass is 347 g/mol. The maximum absolute atomic E-state index is 12.4. The van der Waals surface area contributed by atoms with E-state index in [-0.39, 0.29) is 23.6 Å². The van der Waals surface area contributed by atoms with Crippen molar-refractivity contribution < 1.29 is 14.0 Å². The molecule has 1 aliphatic carbocycles. The van der Waals surface area contributed by atoms with Gasteiger partial charge in [0.25, 0.3) is 5.91 Å².